The molecule has 3 rings (SSSR count). The van der Waals surface area contributed by atoms with E-state index in [0.717, 1.165) is 0 Å². The lowest BCUT2D eigenvalue weighted by Crippen LogP contribution is -2.33. The predicted octanol–water partition coefficient (Wildman–Crippen LogP) is 2.66. The van der Waals surface area contributed by atoms with Gasteiger partial charge in [0.1, 0.15) is 18.2 Å². The summed E-state index contributed by atoms with van der Waals surface area (Å²) in [6, 6.07) is 11.6. The van der Waals surface area contributed by atoms with Gasteiger partial charge in [0.2, 0.25) is 5.91 Å². The third-order valence-electron chi connectivity index (χ3n) is 3.69. The maximum atomic E-state index is 13.6. The molecule has 1 N–H and O–H groups in total. The van der Waals surface area contributed by atoms with E-state index in [1.165, 1.54) is 35.1 Å². The van der Waals surface area contributed by atoms with Crippen molar-refractivity contribution in [2.45, 2.75) is 19.0 Å². The molecule has 0 bridgehead atoms. The molecular weight excluding hydrogens is 326 g/mol. The molecule has 0 fully saturated rings. The van der Waals surface area contributed by atoms with E-state index in [4.69, 9.17) is 0 Å². The summed E-state index contributed by atoms with van der Waals surface area (Å²) in [5.41, 5.74) is 1.31. The highest BCUT2D eigenvalue weighted by Gasteiger charge is 2.17. The number of nitrogens with one attached hydrogen (secondary N) is 1. The van der Waals surface area contributed by atoms with Crippen LogP contribution in [0.1, 0.15) is 17.2 Å². The van der Waals surface area contributed by atoms with Gasteiger partial charge in [-0.15, -0.1) is 5.10 Å². The van der Waals surface area contributed by atoms with Crippen molar-refractivity contribution >= 4 is 5.91 Å². The summed E-state index contributed by atoms with van der Waals surface area (Å²) in [6.45, 7) is -0.00499. The van der Waals surface area contributed by atoms with Crippen molar-refractivity contribution in [3.8, 4) is 0 Å². The summed E-state index contributed by atoms with van der Waals surface area (Å²) in [7, 11) is 0. The number of aromatic nitrogens is 3. The number of benzene rings is 2. The molecule has 0 saturated carbocycles. The molecule has 1 atom stereocenters. The van der Waals surface area contributed by atoms with E-state index in [2.05, 4.69) is 15.6 Å². The third-order valence-corrected chi connectivity index (χ3v) is 3.69. The molecule has 0 aliphatic rings. The Balaban J connectivity index is 1.79. The number of nitrogens with zero attached hydrogens (tertiary/aromatic N) is 3. The van der Waals surface area contributed by atoms with Crippen molar-refractivity contribution in [1.29, 1.82) is 0 Å². The van der Waals surface area contributed by atoms with Crippen LogP contribution in [0.2, 0.25) is 0 Å². The molecular formula is C18H16F2N4O. The molecule has 2 aromatic carbocycles. The Morgan fingerprint density at radius 3 is 2.56 bits per heavy atom. The van der Waals surface area contributed by atoms with E-state index >= 15 is 0 Å². The van der Waals surface area contributed by atoms with Crippen molar-refractivity contribution < 1.29 is 13.6 Å². The van der Waals surface area contributed by atoms with Crippen LogP contribution in [0.15, 0.2) is 60.9 Å². The maximum Gasteiger partial charge on any atom is 0.242 e. The van der Waals surface area contributed by atoms with Crippen LogP contribution in [0.4, 0.5) is 8.78 Å². The molecule has 0 aliphatic carbocycles. The van der Waals surface area contributed by atoms with Crippen molar-refractivity contribution in [3.05, 3.63) is 83.7 Å². The minimum absolute atomic E-state index is 0.00499. The highest BCUT2D eigenvalue weighted by atomic mass is 19.1. The highest BCUT2D eigenvalue weighted by Crippen LogP contribution is 2.20. The molecule has 25 heavy (non-hydrogen) atoms. The third kappa shape index (κ3) is 4.69. The number of halogens is 2. The predicted molar refractivity (Wildman–Crippen MR) is 87.4 cm³/mol. The molecule has 1 heterocycles. The molecule has 5 nitrogen and oxygen atoms in total. The van der Waals surface area contributed by atoms with E-state index in [9.17, 15) is 13.6 Å². The van der Waals surface area contributed by atoms with Crippen LogP contribution >= 0.6 is 0 Å². The Bertz CT molecular complexity index is 852. The second-order valence-corrected chi connectivity index (χ2v) is 5.61. The van der Waals surface area contributed by atoms with Gasteiger partial charge in [-0.05, 0) is 41.8 Å². The molecule has 3 aromatic rings. The van der Waals surface area contributed by atoms with Crippen molar-refractivity contribution in [1.82, 2.24) is 20.3 Å². The second-order valence-electron chi connectivity index (χ2n) is 5.61. The van der Waals surface area contributed by atoms with Gasteiger partial charge in [0, 0.05) is 6.20 Å². The molecule has 0 spiro atoms. The first-order chi connectivity index (χ1) is 12.1. The quantitative estimate of drug-likeness (QED) is 0.749. The maximum absolute atomic E-state index is 13.6. The number of hydrogen-bond donors (Lipinski definition) is 1. The summed E-state index contributed by atoms with van der Waals surface area (Å²) in [5, 5.41) is 10.2. The van der Waals surface area contributed by atoms with E-state index in [0.29, 0.717) is 17.5 Å². The molecule has 1 unspecified atom stereocenters. The van der Waals surface area contributed by atoms with E-state index in [1.807, 2.05) is 0 Å². The van der Waals surface area contributed by atoms with Gasteiger partial charge >= 0.3 is 0 Å². The lowest BCUT2D eigenvalue weighted by Gasteiger charge is -2.20. The zero-order valence-corrected chi connectivity index (χ0v) is 13.3. The van der Waals surface area contributed by atoms with E-state index in [1.54, 1.807) is 30.5 Å². The summed E-state index contributed by atoms with van der Waals surface area (Å²) < 4.78 is 28.4. The Kier molecular flexibility index (Phi) is 5.13. The molecule has 7 heteroatoms. The number of carbonyl (C=O) groups is 1. The van der Waals surface area contributed by atoms with E-state index < -0.39 is 11.9 Å². The summed E-state index contributed by atoms with van der Waals surface area (Å²) in [6.07, 6.45) is 3.39. The Hall–Kier alpha value is -3.09. The van der Waals surface area contributed by atoms with Crippen molar-refractivity contribution in [2.75, 3.05) is 0 Å². The van der Waals surface area contributed by atoms with Gasteiger partial charge < -0.3 is 5.32 Å². The first kappa shape index (κ1) is 16.8. The van der Waals surface area contributed by atoms with Crippen molar-refractivity contribution in [2.24, 2.45) is 0 Å². The summed E-state index contributed by atoms with van der Waals surface area (Å²) >= 11 is 0. The first-order valence-electron chi connectivity index (χ1n) is 7.73. The largest absolute Gasteiger partial charge is 0.347 e. The van der Waals surface area contributed by atoms with Gasteiger partial charge in [-0.1, -0.05) is 29.5 Å². The minimum atomic E-state index is -0.492. The summed E-state index contributed by atoms with van der Waals surface area (Å²) in [4.78, 5) is 12.3. The highest BCUT2D eigenvalue weighted by molar-refractivity contribution is 5.76. The number of carbonyl (C=O) groups excluding carboxylic acids is 1. The smallest absolute Gasteiger partial charge is 0.242 e. The number of hydrogen-bond acceptors (Lipinski definition) is 3. The van der Waals surface area contributed by atoms with Crippen LogP contribution in [0.25, 0.3) is 0 Å². The second kappa shape index (κ2) is 7.65. The zero-order chi connectivity index (χ0) is 17.6. The fourth-order valence-electron chi connectivity index (χ4n) is 2.58. The van der Waals surface area contributed by atoms with Gasteiger partial charge in [0.25, 0.3) is 0 Å². The zero-order valence-electron chi connectivity index (χ0n) is 13.3. The molecule has 0 radical (unpaired) electrons. The van der Waals surface area contributed by atoms with E-state index in [-0.39, 0.29) is 18.3 Å². The fourth-order valence-corrected chi connectivity index (χ4v) is 2.58. The average Bonchev–Trinajstić information content (AvgIpc) is 3.07. The van der Waals surface area contributed by atoms with Gasteiger partial charge in [0.05, 0.1) is 12.2 Å². The van der Waals surface area contributed by atoms with Crippen LogP contribution < -0.4 is 5.32 Å². The Morgan fingerprint density at radius 1 is 1.12 bits per heavy atom. The molecule has 128 valence electrons. The SMILES string of the molecule is O=C(Cn1ccnn1)NC(Cc1cccc(F)c1)c1cccc(F)c1. The molecule has 1 amide bonds. The topological polar surface area (TPSA) is 59.8 Å². The average molecular weight is 342 g/mol. The van der Waals surface area contributed by atoms with Crippen LogP contribution in [0, 0.1) is 11.6 Å². The van der Waals surface area contributed by atoms with Crippen LogP contribution in [-0.4, -0.2) is 20.9 Å². The monoisotopic (exact) mass is 342 g/mol. The lowest BCUT2D eigenvalue weighted by molar-refractivity contribution is -0.122. The first-order valence-corrected chi connectivity index (χ1v) is 7.73. The standard InChI is InChI=1S/C18H16F2N4O/c19-15-5-1-3-13(9-15)10-17(14-4-2-6-16(20)11-14)22-18(25)12-24-8-7-21-23-24/h1-9,11,17H,10,12H2,(H,22,25). The Morgan fingerprint density at radius 2 is 1.88 bits per heavy atom. The van der Waals surface area contributed by atoms with Gasteiger partial charge in [-0.2, -0.15) is 0 Å². The molecule has 1 aromatic heterocycles. The van der Waals surface area contributed by atoms with Gasteiger partial charge in [0.15, 0.2) is 0 Å². The Labute approximate surface area is 143 Å². The number of rotatable bonds is 6. The molecule has 0 aliphatic heterocycles. The normalized spacial score (nSPS) is 11.9. The van der Waals surface area contributed by atoms with Gasteiger partial charge in [-0.3, -0.25) is 4.79 Å². The molecule has 0 saturated heterocycles. The number of amides is 1. The van der Waals surface area contributed by atoms with Crippen LogP contribution in [-0.2, 0) is 17.8 Å². The fraction of sp³-hybridized carbons (Fsp3) is 0.167. The summed E-state index contributed by atoms with van der Waals surface area (Å²) in [5.74, 6) is -1.05. The van der Waals surface area contributed by atoms with Crippen LogP contribution in [0.5, 0.6) is 0 Å². The lowest BCUT2D eigenvalue weighted by atomic mass is 9.98. The van der Waals surface area contributed by atoms with Crippen molar-refractivity contribution in [3.63, 3.8) is 0 Å². The van der Waals surface area contributed by atoms with Crippen LogP contribution in [0.3, 0.4) is 0 Å². The van der Waals surface area contributed by atoms with Gasteiger partial charge in [-0.25, -0.2) is 13.5 Å². The minimum Gasteiger partial charge on any atom is -0.347 e.